The molecule has 4 heterocycles. The molecule has 1 aliphatic rings. The van der Waals surface area contributed by atoms with Crippen LogP contribution in [0.2, 0.25) is 0 Å². The van der Waals surface area contributed by atoms with E-state index in [1.54, 1.807) is 23.4 Å². The predicted molar refractivity (Wildman–Crippen MR) is 122 cm³/mol. The van der Waals surface area contributed by atoms with Gasteiger partial charge in [-0.1, -0.05) is 59.9 Å². The van der Waals surface area contributed by atoms with E-state index in [1.807, 2.05) is 60.7 Å². The number of aromatic nitrogens is 4. The Kier molecular flexibility index (Phi) is 4.19. The van der Waals surface area contributed by atoms with Crippen molar-refractivity contribution in [2.24, 2.45) is 0 Å². The van der Waals surface area contributed by atoms with Gasteiger partial charge in [-0.25, -0.2) is 0 Å². The average Bonchev–Trinajstić information content (AvgIpc) is 3.47. The first-order chi connectivity index (χ1) is 15.7. The van der Waals surface area contributed by atoms with Gasteiger partial charge in [0.1, 0.15) is 4.53 Å². The fraction of sp³-hybridized carbons (Fsp3) is 0.0417. The molecule has 1 amide bonds. The van der Waals surface area contributed by atoms with Crippen molar-refractivity contribution in [3.63, 3.8) is 0 Å². The van der Waals surface area contributed by atoms with Crippen LogP contribution in [0.1, 0.15) is 11.1 Å². The number of benzene rings is 2. The zero-order valence-corrected chi connectivity index (χ0v) is 17.5. The lowest BCUT2D eigenvalue weighted by Gasteiger charge is -2.17. The van der Waals surface area contributed by atoms with E-state index in [2.05, 4.69) is 15.1 Å². The van der Waals surface area contributed by atoms with Crippen LogP contribution in [0.3, 0.4) is 0 Å². The van der Waals surface area contributed by atoms with Crippen molar-refractivity contribution in [2.45, 2.75) is 6.54 Å². The summed E-state index contributed by atoms with van der Waals surface area (Å²) in [5, 5.41) is 4.37. The Labute approximate surface area is 185 Å². The van der Waals surface area contributed by atoms with Crippen LogP contribution in [0.5, 0.6) is 0 Å². The molecule has 3 aromatic heterocycles. The average molecular weight is 437 g/mol. The lowest BCUT2D eigenvalue weighted by atomic mass is 10.1. The van der Waals surface area contributed by atoms with Gasteiger partial charge in [0.05, 0.1) is 17.8 Å². The number of amides is 1. The van der Waals surface area contributed by atoms with Gasteiger partial charge in [0.15, 0.2) is 5.82 Å². The molecule has 2 aromatic carbocycles. The van der Waals surface area contributed by atoms with Crippen LogP contribution in [0, 0.1) is 0 Å². The number of carbonyl (C=O) groups excluding carboxylic acids is 1. The summed E-state index contributed by atoms with van der Waals surface area (Å²) in [5.74, 6) is 0.242. The van der Waals surface area contributed by atoms with Crippen molar-refractivity contribution < 1.29 is 4.79 Å². The fourth-order valence-electron chi connectivity index (χ4n) is 3.92. The number of fused-ring (bicyclic) bond motifs is 2. The molecule has 0 unspecified atom stereocenters. The van der Waals surface area contributed by atoms with Crippen LogP contribution in [-0.2, 0) is 11.3 Å². The molecule has 0 N–H and O–H groups in total. The molecule has 6 rings (SSSR count). The third-order valence-corrected chi connectivity index (χ3v) is 6.44. The van der Waals surface area contributed by atoms with E-state index in [0.717, 1.165) is 22.4 Å². The van der Waals surface area contributed by atoms with E-state index >= 15 is 0 Å². The molecule has 0 atom stereocenters. The molecule has 0 aliphatic carbocycles. The molecule has 0 saturated carbocycles. The van der Waals surface area contributed by atoms with E-state index in [9.17, 15) is 9.59 Å². The van der Waals surface area contributed by atoms with Gasteiger partial charge in [0.2, 0.25) is 4.96 Å². The SMILES string of the molecule is O=C1/C(=c2\sc3nc(-c4cccnc4)nn3c2=O)c2ccccc2N1Cc1ccccc1. The maximum absolute atomic E-state index is 13.5. The highest BCUT2D eigenvalue weighted by Gasteiger charge is 2.34. The lowest BCUT2D eigenvalue weighted by molar-refractivity contribution is -0.113. The van der Waals surface area contributed by atoms with E-state index in [1.165, 1.54) is 15.9 Å². The summed E-state index contributed by atoms with van der Waals surface area (Å²) in [6.07, 6.45) is 3.32. The zero-order valence-electron chi connectivity index (χ0n) is 16.7. The van der Waals surface area contributed by atoms with Crippen molar-refractivity contribution >= 4 is 33.5 Å². The number of rotatable bonds is 3. The normalized spacial score (nSPS) is 14.9. The van der Waals surface area contributed by atoms with Crippen molar-refractivity contribution in [1.29, 1.82) is 0 Å². The quantitative estimate of drug-likeness (QED) is 0.434. The molecular weight excluding hydrogens is 422 g/mol. The monoisotopic (exact) mass is 437 g/mol. The van der Waals surface area contributed by atoms with E-state index in [0.29, 0.717) is 27.4 Å². The Hall–Kier alpha value is -4.17. The molecule has 0 bridgehead atoms. The van der Waals surface area contributed by atoms with Crippen LogP contribution in [-0.4, -0.2) is 25.5 Å². The Bertz CT molecular complexity index is 1590. The molecule has 0 saturated heterocycles. The summed E-state index contributed by atoms with van der Waals surface area (Å²) < 4.78 is 1.62. The highest BCUT2D eigenvalue weighted by atomic mass is 32.1. The minimum atomic E-state index is -0.340. The van der Waals surface area contributed by atoms with Crippen LogP contribution in [0.25, 0.3) is 21.9 Å². The van der Waals surface area contributed by atoms with Gasteiger partial charge in [-0.3, -0.25) is 14.6 Å². The Balaban J connectivity index is 1.52. The van der Waals surface area contributed by atoms with Gasteiger partial charge in [-0.2, -0.15) is 9.50 Å². The van der Waals surface area contributed by atoms with Crippen molar-refractivity contribution in [2.75, 3.05) is 4.90 Å². The van der Waals surface area contributed by atoms with Crippen LogP contribution in [0.4, 0.5) is 5.69 Å². The molecule has 32 heavy (non-hydrogen) atoms. The molecule has 8 heteroatoms. The largest absolute Gasteiger partial charge is 0.303 e. The second-order valence-corrected chi connectivity index (χ2v) is 8.35. The smallest absolute Gasteiger partial charge is 0.291 e. The molecule has 0 spiro atoms. The Morgan fingerprint density at radius 1 is 0.906 bits per heavy atom. The van der Waals surface area contributed by atoms with Crippen LogP contribution in [0.15, 0.2) is 83.9 Å². The van der Waals surface area contributed by atoms with Gasteiger partial charge in [0.25, 0.3) is 11.5 Å². The summed E-state index contributed by atoms with van der Waals surface area (Å²) in [4.78, 5) is 37.5. The number of para-hydroxylation sites is 1. The maximum Gasteiger partial charge on any atom is 0.291 e. The van der Waals surface area contributed by atoms with Gasteiger partial charge in [-0.15, -0.1) is 5.10 Å². The number of carbonyl (C=O) groups is 1. The fourth-order valence-corrected chi connectivity index (χ4v) is 4.92. The topological polar surface area (TPSA) is 80.5 Å². The minimum absolute atomic E-state index is 0.191. The molecule has 0 radical (unpaired) electrons. The summed E-state index contributed by atoms with van der Waals surface area (Å²) in [5.41, 5.74) is 3.36. The van der Waals surface area contributed by atoms with Crippen molar-refractivity contribution in [3.05, 3.63) is 105 Å². The zero-order chi connectivity index (χ0) is 21.7. The van der Waals surface area contributed by atoms with Gasteiger partial charge < -0.3 is 4.90 Å². The number of thiazole rings is 1. The third kappa shape index (κ3) is 2.84. The highest BCUT2D eigenvalue weighted by molar-refractivity contribution is 7.15. The minimum Gasteiger partial charge on any atom is -0.303 e. The number of anilines is 1. The number of hydrogen-bond acceptors (Lipinski definition) is 6. The van der Waals surface area contributed by atoms with Gasteiger partial charge >= 0.3 is 0 Å². The van der Waals surface area contributed by atoms with Crippen molar-refractivity contribution in [3.8, 4) is 11.4 Å². The summed E-state index contributed by atoms with van der Waals surface area (Å²) >= 11 is 1.18. The first kappa shape index (κ1) is 18.6. The van der Waals surface area contributed by atoms with Crippen molar-refractivity contribution in [1.82, 2.24) is 19.6 Å². The van der Waals surface area contributed by atoms with Crippen LogP contribution >= 0.6 is 11.3 Å². The highest BCUT2D eigenvalue weighted by Crippen LogP contribution is 2.36. The summed E-state index contributed by atoms with van der Waals surface area (Å²) in [6.45, 7) is 0.431. The Morgan fingerprint density at radius 3 is 2.50 bits per heavy atom. The number of nitrogens with zero attached hydrogens (tertiary/aromatic N) is 5. The number of pyridine rings is 1. The predicted octanol–water partition coefficient (Wildman–Crippen LogP) is 2.68. The molecule has 154 valence electrons. The Morgan fingerprint density at radius 2 is 1.72 bits per heavy atom. The lowest BCUT2D eigenvalue weighted by Crippen LogP contribution is -2.32. The molecular formula is C24H15N5O2S. The summed E-state index contributed by atoms with van der Waals surface area (Å²) in [7, 11) is 0. The molecule has 7 nitrogen and oxygen atoms in total. The first-order valence-corrected chi connectivity index (χ1v) is 10.8. The third-order valence-electron chi connectivity index (χ3n) is 5.41. The second-order valence-electron chi connectivity index (χ2n) is 7.38. The van der Waals surface area contributed by atoms with Gasteiger partial charge in [-0.05, 0) is 23.8 Å². The summed E-state index contributed by atoms with van der Waals surface area (Å²) in [6, 6.07) is 21.0. The van der Waals surface area contributed by atoms with Gasteiger partial charge in [0, 0.05) is 23.5 Å². The number of hydrogen-bond donors (Lipinski definition) is 0. The standard InChI is InChI=1S/C24H15N5O2S/c30-22-19(17-10-4-5-11-18(17)28(22)14-15-7-2-1-3-8-15)20-23(31)29-24(32-20)26-21(27-29)16-9-6-12-25-13-16/h1-13H,14H2/b20-19-. The van der Waals surface area contributed by atoms with E-state index < -0.39 is 0 Å². The van der Waals surface area contributed by atoms with E-state index in [-0.39, 0.29) is 11.5 Å². The second kappa shape index (κ2) is 7.21. The molecule has 0 fully saturated rings. The maximum atomic E-state index is 13.5. The van der Waals surface area contributed by atoms with E-state index in [4.69, 9.17) is 0 Å². The molecule has 5 aromatic rings. The molecule has 1 aliphatic heterocycles. The first-order valence-electron chi connectivity index (χ1n) is 10.00. The van der Waals surface area contributed by atoms with Crippen LogP contribution < -0.4 is 15.0 Å².